The second kappa shape index (κ2) is 4.42. The Morgan fingerprint density at radius 3 is 3.00 bits per heavy atom. The lowest BCUT2D eigenvalue weighted by Gasteiger charge is -2.14. The van der Waals surface area contributed by atoms with Crippen LogP contribution >= 0.6 is 0 Å². The monoisotopic (exact) mass is 171 g/mol. The van der Waals surface area contributed by atoms with Crippen LogP contribution in [0.2, 0.25) is 0 Å². The van der Waals surface area contributed by atoms with Gasteiger partial charge in [0.05, 0.1) is 0 Å². The van der Waals surface area contributed by atoms with Crippen LogP contribution in [0.25, 0.3) is 0 Å². The van der Waals surface area contributed by atoms with E-state index in [0.717, 1.165) is 19.6 Å². The third kappa shape index (κ3) is 2.79. The molecule has 0 saturated carbocycles. The fourth-order valence-electron chi connectivity index (χ4n) is 1.54. The van der Waals surface area contributed by atoms with E-state index in [-0.39, 0.29) is 5.91 Å². The van der Waals surface area contributed by atoms with Gasteiger partial charge in [-0.1, -0.05) is 0 Å². The van der Waals surface area contributed by atoms with Crippen LogP contribution in [0, 0.1) is 0 Å². The Hall–Kier alpha value is -0.610. The molecular formula is C8H17N3O. The van der Waals surface area contributed by atoms with Gasteiger partial charge in [-0.3, -0.25) is 4.79 Å². The lowest BCUT2D eigenvalue weighted by atomic mass is 10.3. The van der Waals surface area contributed by atoms with Crippen molar-refractivity contribution in [3.63, 3.8) is 0 Å². The summed E-state index contributed by atoms with van der Waals surface area (Å²) in [5, 5.41) is 3.22. The molecule has 0 aromatic heterocycles. The molecule has 0 spiro atoms. The number of carbonyl (C=O) groups excluding carboxylic acids is 1. The maximum absolute atomic E-state index is 10.5. The zero-order valence-corrected chi connectivity index (χ0v) is 7.55. The first kappa shape index (κ1) is 9.48. The molecule has 4 heteroatoms. The maximum atomic E-state index is 10.5. The van der Waals surface area contributed by atoms with Gasteiger partial charge in [-0.2, -0.15) is 0 Å². The molecule has 70 valence electrons. The van der Waals surface area contributed by atoms with Crippen LogP contribution in [0.1, 0.15) is 12.8 Å². The molecule has 0 unspecified atom stereocenters. The Morgan fingerprint density at radius 1 is 1.75 bits per heavy atom. The van der Waals surface area contributed by atoms with E-state index >= 15 is 0 Å². The Labute approximate surface area is 73.1 Å². The summed E-state index contributed by atoms with van der Waals surface area (Å²) in [4.78, 5) is 12.8. The van der Waals surface area contributed by atoms with Gasteiger partial charge in [0.1, 0.15) is 0 Å². The van der Waals surface area contributed by atoms with Crippen LogP contribution in [-0.2, 0) is 4.79 Å². The zero-order valence-electron chi connectivity index (χ0n) is 7.55. The fraction of sp³-hybridized carbons (Fsp3) is 0.875. The molecule has 1 saturated heterocycles. The predicted molar refractivity (Wildman–Crippen MR) is 47.7 cm³/mol. The molecule has 4 nitrogen and oxygen atoms in total. The third-order valence-electron chi connectivity index (χ3n) is 2.36. The van der Waals surface area contributed by atoms with Gasteiger partial charge < -0.3 is 16.0 Å². The standard InChI is InChI=1S/C8H17N3O/c1-10-7-2-4-11(6-7)5-3-8(9)12/h7,10H,2-6H2,1H3,(H2,9,12)/t7-/m0/s1. The van der Waals surface area contributed by atoms with Crippen LogP contribution in [0.15, 0.2) is 0 Å². The van der Waals surface area contributed by atoms with E-state index in [2.05, 4.69) is 10.2 Å². The van der Waals surface area contributed by atoms with E-state index < -0.39 is 0 Å². The summed E-state index contributed by atoms with van der Waals surface area (Å²) in [6, 6.07) is 0.595. The van der Waals surface area contributed by atoms with Gasteiger partial charge in [-0.25, -0.2) is 0 Å². The second-order valence-corrected chi connectivity index (χ2v) is 3.29. The largest absolute Gasteiger partial charge is 0.370 e. The van der Waals surface area contributed by atoms with Crippen LogP contribution < -0.4 is 11.1 Å². The lowest BCUT2D eigenvalue weighted by Crippen LogP contribution is -2.31. The fourth-order valence-corrected chi connectivity index (χ4v) is 1.54. The molecule has 12 heavy (non-hydrogen) atoms. The summed E-state index contributed by atoms with van der Waals surface area (Å²) in [7, 11) is 1.97. The molecule has 1 aliphatic heterocycles. The molecule has 1 rings (SSSR count). The first-order valence-electron chi connectivity index (χ1n) is 4.40. The molecule has 0 bridgehead atoms. The van der Waals surface area contributed by atoms with Gasteiger partial charge >= 0.3 is 0 Å². The van der Waals surface area contributed by atoms with Crippen molar-refractivity contribution in [2.75, 3.05) is 26.7 Å². The highest BCUT2D eigenvalue weighted by molar-refractivity contribution is 5.73. The highest BCUT2D eigenvalue weighted by atomic mass is 16.1. The van der Waals surface area contributed by atoms with Crippen molar-refractivity contribution >= 4 is 5.91 Å². The average Bonchev–Trinajstić information content (AvgIpc) is 2.48. The minimum absolute atomic E-state index is 0.206. The molecule has 0 aromatic rings. The second-order valence-electron chi connectivity index (χ2n) is 3.29. The molecule has 0 aliphatic carbocycles. The van der Waals surface area contributed by atoms with Crippen molar-refractivity contribution in [1.82, 2.24) is 10.2 Å². The summed E-state index contributed by atoms with van der Waals surface area (Å²) >= 11 is 0. The summed E-state index contributed by atoms with van der Waals surface area (Å²) in [5.74, 6) is -0.206. The van der Waals surface area contributed by atoms with Crippen LogP contribution in [-0.4, -0.2) is 43.5 Å². The Morgan fingerprint density at radius 2 is 2.50 bits per heavy atom. The van der Waals surface area contributed by atoms with Gasteiger partial charge in [0.15, 0.2) is 0 Å². The predicted octanol–water partition coefficient (Wildman–Crippen LogP) is -0.844. The number of hydrogen-bond donors (Lipinski definition) is 2. The number of likely N-dealkylation sites (N-methyl/N-ethyl adjacent to an activating group) is 1. The third-order valence-corrected chi connectivity index (χ3v) is 2.36. The van der Waals surface area contributed by atoms with Crippen molar-refractivity contribution in [3.05, 3.63) is 0 Å². The Kier molecular flexibility index (Phi) is 3.49. The number of nitrogens with two attached hydrogens (primary N) is 1. The minimum Gasteiger partial charge on any atom is -0.370 e. The quantitative estimate of drug-likeness (QED) is 0.579. The zero-order chi connectivity index (χ0) is 8.97. The van der Waals surface area contributed by atoms with Gasteiger partial charge in [0, 0.05) is 25.6 Å². The summed E-state index contributed by atoms with van der Waals surface area (Å²) in [6.45, 7) is 2.94. The van der Waals surface area contributed by atoms with E-state index in [4.69, 9.17) is 5.73 Å². The molecular weight excluding hydrogens is 154 g/mol. The number of amides is 1. The number of likely N-dealkylation sites (tertiary alicyclic amines) is 1. The minimum atomic E-state index is -0.206. The van der Waals surface area contributed by atoms with Gasteiger partial charge in [-0.05, 0) is 20.0 Å². The van der Waals surface area contributed by atoms with Crippen LogP contribution in [0.5, 0.6) is 0 Å². The summed E-state index contributed by atoms with van der Waals surface area (Å²) < 4.78 is 0. The van der Waals surface area contributed by atoms with Gasteiger partial charge in [0.25, 0.3) is 0 Å². The Bertz CT molecular complexity index is 160. The van der Waals surface area contributed by atoms with Gasteiger partial charge in [0.2, 0.25) is 5.91 Å². The maximum Gasteiger partial charge on any atom is 0.218 e. The summed E-state index contributed by atoms with van der Waals surface area (Å²) in [5.41, 5.74) is 5.06. The van der Waals surface area contributed by atoms with Crippen molar-refractivity contribution in [3.8, 4) is 0 Å². The molecule has 0 aromatic carbocycles. The smallest absolute Gasteiger partial charge is 0.218 e. The Balaban J connectivity index is 2.15. The first-order chi connectivity index (χ1) is 5.72. The molecule has 1 aliphatic rings. The summed E-state index contributed by atoms with van der Waals surface area (Å²) in [6.07, 6.45) is 1.66. The molecule has 1 fully saturated rings. The SMILES string of the molecule is CN[C@H]1CCN(CCC(N)=O)C1. The molecule has 0 radical (unpaired) electrons. The molecule has 3 N–H and O–H groups in total. The topological polar surface area (TPSA) is 58.4 Å². The van der Waals surface area contributed by atoms with E-state index in [0.29, 0.717) is 12.5 Å². The van der Waals surface area contributed by atoms with E-state index in [1.165, 1.54) is 6.42 Å². The number of nitrogens with one attached hydrogen (secondary N) is 1. The average molecular weight is 171 g/mol. The number of carbonyl (C=O) groups is 1. The van der Waals surface area contributed by atoms with Crippen molar-refractivity contribution in [2.24, 2.45) is 5.73 Å². The van der Waals surface area contributed by atoms with E-state index in [1.807, 2.05) is 7.05 Å². The highest BCUT2D eigenvalue weighted by Crippen LogP contribution is 2.08. The first-order valence-corrected chi connectivity index (χ1v) is 4.40. The van der Waals surface area contributed by atoms with Crippen molar-refractivity contribution < 1.29 is 4.79 Å². The van der Waals surface area contributed by atoms with Crippen molar-refractivity contribution in [2.45, 2.75) is 18.9 Å². The lowest BCUT2D eigenvalue weighted by molar-refractivity contribution is -0.118. The molecule has 1 atom stereocenters. The van der Waals surface area contributed by atoms with Crippen molar-refractivity contribution in [1.29, 1.82) is 0 Å². The van der Waals surface area contributed by atoms with E-state index in [1.54, 1.807) is 0 Å². The molecule has 1 heterocycles. The highest BCUT2D eigenvalue weighted by Gasteiger charge is 2.20. The normalized spacial score (nSPS) is 24.6. The number of rotatable bonds is 4. The van der Waals surface area contributed by atoms with Gasteiger partial charge in [-0.15, -0.1) is 0 Å². The number of nitrogens with zero attached hydrogens (tertiary/aromatic N) is 1. The van der Waals surface area contributed by atoms with Crippen LogP contribution in [0.3, 0.4) is 0 Å². The van der Waals surface area contributed by atoms with E-state index in [9.17, 15) is 4.79 Å². The van der Waals surface area contributed by atoms with Crippen LogP contribution in [0.4, 0.5) is 0 Å². The number of primary amides is 1. The molecule has 1 amide bonds. The number of hydrogen-bond acceptors (Lipinski definition) is 3.